The minimum atomic E-state index is 0.0635. The Labute approximate surface area is 131 Å². The fourth-order valence-corrected chi connectivity index (χ4v) is 4.85. The van der Waals surface area contributed by atoms with E-state index in [1.54, 1.807) is 23.5 Å². The number of aryl methyl sites for hydroxylation is 1. The van der Waals surface area contributed by atoms with Crippen molar-refractivity contribution in [2.24, 2.45) is 0 Å². The first-order chi connectivity index (χ1) is 9.65. The number of nitrogens with zero attached hydrogens (tertiary/aromatic N) is 1. The first-order valence-corrected chi connectivity index (χ1v) is 8.64. The molecule has 1 saturated heterocycles. The molecule has 5 heteroatoms. The first kappa shape index (κ1) is 14.0. The van der Waals surface area contributed by atoms with Crippen LogP contribution in [0.15, 0.2) is 36.4 Å². The van der Waals surface area contributed by atoms with E-state index in [0.29, 0.717) is 10.6 Å². The SMILES string of the molecule is Cc1ccc([C@@H]2SCCN2C(=O)c2cccc(Cl)c2)s1. The van der Waals surface area contributed by atoms with E-state index < -0.39 is 0 Å². The molecule has 0 bridgehead atoms. The zero-order chi connectivity index (χ0) is 14.1. The number of benzene rings is 1. The Morgan fingerprint density at radius 1 is 1.35 bits per heavy atom. The molecule has 0 unspecified atom stereocenters. The Morgan fingerprint density at radius 3 is 2.90 bits per heavy atom. The summed E-state index contributed by atoms with van der Waals surface area (Å²) in [4.78, 5) is 17.1. The molecule has 1 amide bonds. The van der Waals surface area contributed by atoms with Crippen molar-refractivity contribution in [3.8, 4) is 0 Å². The maximum atomic E-state index is 12.6. The molecule has 2 aromatic rings. The van der Waals surface area contributed by atoms with Crippen molar-refractivity contribution >= 4 is 40.6 Å². The highest BCUT2D eigenvalue weighted by atomic mass is 35.5. The van der Waals surface area contributed by atoms with Crippen molar-refractivity contribution in [2.45, 2.75) is 12.3 Å². The molecule has 1 atom stereocenters. The average Bonchev–Trinajstić information content (AvgIpc) is 3.06. The van der Waals surface area contributed by atoms with Gasteiger partial charge in [-0.05, 0) is 37.3 Å². The maximum absolute atomic E-state index is 12.6. The molecule has 2 nitrogen and oxygen atoms in total. The lowest BCUT2D eigenvalue weighted by Gasteiger charge is -2.23. The van der Waals surface area contributed by atoms with Gasteiger partial charge < -0.3 is 4.90 Å². The van der Waals surface area contributed by atoms with Crippen LogP contribution < -0.4 is 0 Å². The topological polar surface area (TPSA) is 20.3 Å². The largest absolute Gasteiger partial charge is 0.321 e. The zero-order valence-electron chi connectivity index (χ0n) is 11.0. The second kappa shape index (κ2) is 5.80. The Bertz CT molecular complexity index is 640. The van der Waals surface area contributed by atoms with Gasteiger partial charge in [-0.1, -0.05) is 17.7 Å². The van der Waals surface area contributed by atoms with E-state index in [1.807, 2.05) is 28.8 Å². The molecule has 1 fully saturated rings. The van der Waals surface area contributed by atoms with Gasteiger partial charge in [-0.15, -0.1) is 23.1 Å². The molecule has 1 aromatic heterocycles. The molecule has 1 aliphatic heterocycles. The van der Waals surface area contributed by atoms with Crippen LogP contribution in [0.5, 0.6) is 0 Å². The van der Waals surface area contributed by atoms with Gasteiger partial charge in [0.25, 0.3) is 5.91 Å². The third kappa shape index (κ3) is 2.73. The summed E-state index contributed by atoms with van der Waals surface area (Å²) >= 11 is 9.57. The second-order valence-corrected chi connectivity index (χ2v) is 7.62. The molecular weight excluding hydrogens is 310 g/mol. The third-order valence-corrected chi connectivity index (χ3v) is 5.91. The summed E-state index contributed by atoms with van der Waals surface area (Å²) in [5.74, 6) is 1.04. The molecule has 1 aliphatic rings. The molecular formula is C15H14ClNOS2. The number of amides is 1. The third-order valence-electron chi connectivity index (χ3n) is 3.23. The molecule has 0 radical (unpaired) electrons. The van der Waals surface area contributed by atoms with Gasteiger partial charge in [-0.3, -0.25) is 4.79 Å². The highest BCUT2D eigenvalue weighted by molar-refractivity contribution is 7.99. The van der Waals surface area contributed by atoms with Gasteiger partial charge in [-0.2, -0.15) is 0 Å². The number of thioether (sulfide) groups is 1. The Hall–Kier alpha value is -0.970. The minimum Gasteiger partial charge on any atom is -0.321 e. The van der Waals surface area contributed by atoms with Crippen molar-refractivity contribution in [3.63, 3.8) is 0 Å². The number of carbonyl (C=O) groups excluding carboxylic acids is 1. The fraction of sp³-hybridized carbons (Fsp3) is 0.267. The van der Waals surface area contributed by atoms with Crippen molar-refractivity contribution in [1.82, 2.24) is 4.90 Å². The van der Waals surface area contributed by atoms with Gasteiger partial charge in [0.05, 0.1) is 0 Å². The summed E-state index contributed by atoms with van der Waals surface area (Å²) in [6.45, 7) is 2.88. The van der Waals surface area contributed by atoms with E-state index in [-0.39, 0.29) is 11.3 Å². The van der Waals surface area contributed by atoms with Gasteiger partial charge in [0.2, 0.25) is 0 Å². The smallest absolute Gasteiger partial charge is 0.255 e. The number of hydrogen-bond donors (Lipinski definition) is 0. The minimum absolute atomic E-state index is 0.0635. The van der Waals surface area contributed by atoms with Gasteiger partial charge >= 0.3 is 0 Å². The fourth-order valence-electron chi connectivity index (χ4n) is 2.29. The lowest BCUT2D eigenvalue weighted by Crippen LogP contribution is -2.30. The van der Waals surface area contributed by atoms with Crippen molar-refractivity contribution in [3.05, 3.63) is 56.7 Å². The van der Waals surface area contributed by atoms with Gasteiger partial charge in [0.15, 0.2) is 0 Å². The summed E-state index contributed by atoms with van der Waals surface area (Å²) in [6.07, 6.45) is 0. The standard InChI is InChI=1S/C15H14ClNOS2/c1-10-5-6-13(20-10)15-17(7-8-19-15)14(18)11-3-2-4-12(16)9-11/h2-6,9,15H,7-8H2,1H3/t15-/m0/s1. The van der Waals surface area contributed by atoms with E-state index in [0.717, 1.165) is 12.3 Å². The van der Waals surface area contributed by atoms with Crippen molar-refractivity contribution in [2.75, 3.05) is 12.3 Å². The van der Waals surface area contributed by atoms with Crippen LogP contribution in [-0.2, 0) is 0 Å². The highest BCUT2D eigenvalue weighted by Gasteiger charge is 2.32. The van der Waals surface area contributed by atoms with E-state index in [1.165, 1.54) is 9.75 Å². The highest BCUT2D eigenvalue weighted by Crippen LogP contribution is 2.41. The Balaban J connectivity index is 1.87. The van der Waals surface area contributed by atoms with Crippen LogP contribution in [0.25, 0.3) is 0 Å². The second-order valence-electron chi connectivity index (χ2n) is 4.68. The summed E-state index contributed by atoms with van der Waals surface area (Å²) in [7, 11) is 0. The molecule has 0 spiro atoms. The quantitative estimate of drug-likeness (QED) is 0.805. The van der Waals surface area contributed by atoms with Gasteiger partial charge in [-0.25, -0.2) is 0 Å². The summed E-state index contributed by atoms with van der Waals surface area (Å²) in [5.41, 5.74) is 0.665. The van der Waals surface area contributed by atoms with Crippen LogP contribution in [-0.4, -0.2) is 23.1 Å². The van der Waals surface area contributed by atoms with Gasteiger partial charge in [0.1, 0.15) is 5.37 Å². The zero-order valence-corrected chi connectivity index (χ0v) is 13.4. The summed E-state index contributed by atoms with van der Waals surface area (Å²) < 4.78 is 0. The molecule has 1 aromatic carbocycles. The predicted molar refractivity (Wildman–Crippen MR) is 86.7 cm³/mol. The van der Waals surface area contributed by atoms with Crippen molar-refractivity contribution in [1.29, 1.82) is 0 Å². The number of rotatable bonds is 2. The van der Waals surface area contributed by atoms with Crippen LogP contribution in [0.3, 0.4) is 0 Å². The average molecular weight is 324 g/mol. The monoisotopic (exact) mass is 323 g/mol. The van der Waals surface area contributed by atoms with Gasteiger partial charge in [0, 0.05) is 32.6 Å². The van der Waals surface area contributed by atoms with Crippen LogP contribution in [0.1, 0.15) is 25.5 Å². The predicted octanol–water partition coefficient (Wildman–Crippen LogP) is 4.60. The Kier molecular flexibility index (Phi) is 4.06. The number of halogens is 1. The van der Waals surface area contributed by atoms with E-state index >= 15 is 0 Å². The summed E-state index contributed by atoms with van der Waals surface area (Å²) in [5, 5.41) is 0.742. The number of carbonyl (C=O) groups is 1. The number of thiophene rings is 1. The van der Waals surface area contributed by atoms with Crippen LogP contribution in [0.4, 0.5) is 0 Å². The van der Waals surface area contributed by atoms with E-state index in [2.05, 4.69) is 19.1 Å². The van der Waals surface area contributed by atoms with E-state index in [9.17, 15) is 4.79 Å². The van der Waals surface area contributed by atoms with Crippen LogP contribution in [0, 0.1) is 6.92 Å². The lowest BCUT2D eigenvalue weighted by molar-refractivity contribution is 0.0762. The molecule has 20 heavy (non-hydrogen) atoms. The molecule has 2 heterocycles. The van der Waals surface area contributed by atoms with Crippen LogP contribution in [0.2, 0.25) is 5.02 Å². The Morgan fingerprint density at radius 2 is 2.20 bits per heavy atom. The van der Waals surface area contributed by atoms with Crippen LogP contribution >= 0.6 is 34.7 Å². The molecule has 0 aliphatic carbocycles. The lowest BCUT2D eigenvalue weighted by atomic mass is 10.2. The molecule has 0 N–H and O–H groups in total. The van der Waals surface area contributed by atoms with E-state index in [4.69, 9.17) is 11.6 Å². The summed E-state index contributed by atoms with van der Waals surface area (Å²) in [6, 6.07) is 11.4. The molecule has 0 saturated carbocycles. The first-order valence-electron chi connectivity index (χ1n) is 6.39. The molecule has 104 valence electrons. The van der Waals surface area contributed by atoms with Crippen molar-refractivity contribution < 1.29 is 4.79 Å². The molecule has 3 rings (SSSR count). The number of hydrogen-bond acceptors (Lipinski definition) is 3. The normalized spacial score (nSPS) is 18.5. The maximum Gasteiger partial charge on any atom is 0.255 e.